The average Bonchev–Trinajstić information content (AvgIpc) is 2.26. The van der Waals surface area contributed by atoms with Crippen molar-refractivity contribution in [1.82, 2.24) is 0 Å². The number of nitriles is 1. The molecule has 0 radical (unpaired) electrons. The fourth-order valence-corrected chi connectivity index (χ4v) is 0.978. The molecule has 0 aliphatic rings. The highest BCUT2D eigenvalue weighted by Gasteiger charge is 1.83. The minimum Gasteiger partial charge on any atom is -0.192 e. The van der Waals surface area contributed by atoms with Gasteiger partial charge in [0.2, 0.25) is 0 Å². The zero-order valence-corrected chi connectivity index (χ0v) is 7.85. The lowest BCUT2D eigenvalue weighted by Crippen LogP contribution is -1.69. The summed E-state index contributed by atoms with van der Waals surface area (Å²) in [6, 6.07) is 12.0. The van der Waals surface area contributed by atoms with Gasteiger partial charge in [-0.25, -0.2) is 0 Å². The van der Waals surface area contributed by atoms with Crippen molar-refractivity contribution < 1.29 is 0 Å². The molecule has 1 aromatic carbocycles. The minimum absolute atomic E-state index is 0.567. The van der Waals surface area contributed by atoms with Gasteiger partial charge >= 0.3 is 0 Å². The highest BCUT2D eigenvalue weighted by molar-refractivity contribution is 5.52. The van der Waals surface area contributed by atoms with Crippen molar-refractivity contribution in [2.24, 2.45) is 0 Å². The Bertz CT molecular complexity index is 391. The first-order chi connectivity index (χ1) is 6.86. The Kier molecular flexibility index (Phi) is 3.97. The number of hydrogen-bond donors (Lipinski definition) is 0. The Morgan fingerprint density at radius 3 is 2.57 bits per heavy atom. The van der Waals surface area contributed by atoms with E-state index in [4.69, 9.17) is 5.26 Å². The molecule has 0 aliphatic carbocycles. The Hall–Kier alpha value is -2.07. The number of benzene rings is 1. The summed E-state index contributed by atoms with van der Waals surface area (Å²) >= 11 is 0. The molecular weight excluding hydrogens is 170 g/mol. The number of hydrogen-bond acceptors (Lipinski definition) is 1. The van der Waals surface area contributed by atoms with E-state index in [-0.39, 0.29) is 0 Å². The van der Waals surface area contributed by atoms with Crippen LogP contribution in [0, 0.1) is 11.3 Å². The van der Waals surface area contributed by atoms with Crippen LogP contribution in [0.1, 0.15) is 5.56 Å². The lowest BCUT2D eigenvalue weighted by molar-refractivity contribution is 1.50. The molecule has 0 saturated carbocycles. The summed E-state index contributed by atoms with van der Waals surface area (Å²) in [6.07, 6.45) is 7.06. The van der Waals surface area contributed by atoms with Gasteiger partial charge in [0.25, 0.3) is 0 Å². The zero-order valence-electron chi connectivity index (χ0n) is 7.85. The molecule has 0 fully saturated rings. The largest absolute Gasteiger partial charge is 0.192 e. The van der Waals surface area contributed by atoms with Crippen LogP contribution in [-0.2, 0) is 0 Å². The van der Waals surface area contributed by atoms with Crippen molar-refractivity contribution in [1.29, 1.82) is 5.26 Å². The van der Waals surface area contributed by atoms with Gasteiger partial charge in [0.1, 0.15) is 0 Å². The molecule has 0 unspecified atom stereocenters. The van der Waals surface area contributed by atoms with Gasteiger partial charge in [-0.2, -0.15) is 5.26 Å². The second kappa shape index (κ2) is 5.55. The first-order valence-corrected chi connectivity index (χ1v) is 4.33. The predicted octanol–water partition coefficient (Wildman–Crippen LogP) is 3.34. The van der Waals surface area contributed by atoms with Crippen LogP contribution < -0.4 is 0 Å². The summed E-state index contributed by atoms with van der Waals surface area (Å²) in [5.74, 6) is 0. The van der Waals surface area contributed by atoms with Crippen LogP contribution in [0.4, 0.5) is 0 Å². The molecule has 0 heterocycles. The third-order valence-corrected chi connectivity index (χ3v) is 1.71. The zero-order chi connectivity index (χ0) is 10.2. The van der Waals surface area contributed by atoms with Crippen LogP contribution in [0.15, 0.2) is 60.7 Å². The van der Waals surface area contributed by atoms with Crippen molar-refractivity contribution in [2.45, 2.75) is 0 Å². The van der Waals surface area contributed by atoms with Gasteiger partial charge in [-0.3, -0.25) is 0 Å². The van der Waals surface area contributed by atoms with Crippen molar-refractivity contribution in [3.05, 3.63) is 66.3 Å². The molecule has 0 amide bonds. The Balaban J connectivity index is 2.71. The van der Waals surface area contributed by atoms with E-state index in [1.807, 2.05) is 48.6 Å². The SMILES string of the molecule is C=C/C(C#N)=C\C=C\c1ccccc1. The molecule has 1 heteroatoms. The van der Waals surface area contributed by atoms with Gasteiger partial charge in [-0.1, -0.05) is 55.1 Å². The molecule has 0 aromatic heterocycles. The van der Waals surface area contributed by atoms with Gasteiger partial charge in [-0.05, 0) is 11.6 Å². The van der Waals surface area contributed by atoms with Crippen LogP contribution >= 0.6 is 0 Å². The smallest absolute Gasteiger partial charge is 0.0991 e. The maximum Gasteiger partial charge on any atom is 0.0991 e. The fourth-order valence-electron chi connectivity index (χ4n) is 0.978. The van der Waals surface area contributed by atoms with Crippen LogP contribution in [-0.4, -0.2) is 0 Å². The van der Waals surface area contributed by atoms with E-state index in [0.717, 1.165) is 5.56 Å². The quantitative estimate of drug-likeness (QED) is 0.518. The summed E-state index contributed by atoms with van der Waals surface area (Å²) in [6.45, 7) is 3.53. The normalized spacial score (nSPS) is 11.2. The van der Waals surface area contributed by atoms with E-state index in [0.29, 0.717) is 5.57 Å². The molecule has 0 bridgehead atoms. The van der Waals surface area contributed by atoms with Gasteiger partial charge in [0.05, 0.1) is 11.6 Å². The molecule has 14 heavy (non-hydrogen) atoms. The van der Waals surface area contributed by atoms with Gasteiger partial charge in [0, 0.05) is 0 Å². The number of nitrogens with zero attached hydrogens (tertiary/aromatic N) is 1. The van der Waals surface area contributed by atoms with Crippen molar-refractivity contribution in [3.63, 3.8) is 0 Å². The topological polar surface area (TPSA) is 23.8 Å². The molecule has 1 nitrogen and oxygen atoms in total. The molecule has 1 aromatic rings. The molecule has 0 atom stereocenters. The first-order valence-electron chi connectivity index (χ1n) is 4.33. The minimum atomic E-state index is 0.567. The average molecular weight is 181 g/mol. The van der Waals surface area contributed by atoms with Crippen molar-refractivity contribution in [2.75, 3.05) is 0 Å². The molecule has 68 valence electrons. The third kappa shape index (κ3) is 3.12. The lowest BCUT2D eigenvalue weighted by Gasteiger charge is -1.88. The van der Waals surface area contributed by atoms with Crippen molar-refractivity contribution >= 4 is 6.08 Å². The molecule has 1 rings (SSSR count). The number of rotatable bonds is 3. The predicted molar refractivity (Wildman–Crippen MR) is 59.4 cm³/mol. The second-order valence-electron chi connectivity index (χ2n) is 2.71. The first kappa shape index (κ1) is 10.0. The van der Waals surface area contributed by atoms with Gasteiger partial charge in [-0.15, -0.1) is 0 Å². The lowest BCUT2D eigenvalue weighted by atomic mass is 10.2. The summed E-state index contributed by atoms with van der Waals surface area (Å²) in [5, 5.41) is 8.60. The molecule has 0 N–H and O–H groups in total. The monoisotopic (exact) mass is 181 g/mol. The van der Waals surface area contributed by atoms with Gasteiger partial charge in [0.15, 0.2) is 0 Å². The highest BCUT2D eigenvalue weighted by atomic mass is 14.2. The van der Waals surface area contributed by atoms with Crippen molar-refractivity contribution in [3.8, 4) is 6.07 Å². The molecule has 0 spiro atoms. The Morgan fingerprint density at radius 2 is 2.00 bits per heavy atom. The Morgan fingerprint density at radius 1 is 1.29 bits per heavy atom. The molecule has 0 aliphatic heterocycles. The second-order valence-corrected chi connectivity index (χ2v) is 2.71. The maximum atomic E-state index is 8.60. The molecule has 0 saturated heterocycles. The summed E-state index contributed by atoms with van der Waals surface area (Å²) in [7, 11) is 0. The van der Waals surface area contributed by atoms with E-state index in [9.17, 15) is 0 Å². The van der Waals surface area contributed by atoms with Crippen LogP contribution in [0.5, 0.6) is 0 Å². The standard InChI is InChI=1S/C13H11N/c1-2-12(11-14)9-6-10-13-7-4-3-5-8-13/h2-10H,1H2/b10-6+,12-9+. The van der Waals surface area contributed by atoms with Crippen LogP contribution in [0.2, 0.25) is 0 Å². The van der Waals surface area contributed by atoms with Crippen LogP contribution in [0.3, 0.4) is 0 Å². The fraction of sp³-hybridized carbons (Fsp3) is 0. The number of allylic oxidation sites excluding steroid dienone is 4. The maximum absolute atomic E-state index is 8.60. The highest BCUT2D eigenvalue weighted by Crippen LogP contribution is 2.02. The van der Waals surface area contributed by atoms with E-state index in [1.54, 1.807) is 6.08 Å². The molecular formula is C13H11N. The third-order valence-electron chi connectivity index (χ3n) is 1.71. The summed E-state index contributed by atoms with van der Waals surface area (Å²) < 4.78 is 0. The van der Waals surface area contributed by atoms with Gasteiger partial charge < -0.3 is 0 Å². The van der Waals surface area contributed by atoms with E-state index >= 15 is 0 Å². The summed E-state index contributed by atoms with van der Waals surface area (Å²) in [5.41, 5.74) is 1.68. The van der Waals surface area contributed by atoms with E-state index in [1.165, 1.54) is 6.08 Å². The van der Waals surface area contributed by atoms with E-state index in [2.05, 4.69) is 6.58 Å². The van der Waals surface area contributed by atoms with E-state index < -0.39 is 0 Å². The Labute approximate surface area is 84.3 Å². The summed E-state index contributed by atoms with van der Waals surface area (Å²) in [4.78, 5) is 0. The van der Waals surface area contributed by atoms with Crippen LogP contribution in [0.25, 0.3) is 6.08 Å².